The van der Waals surface area contributed by atoms with E-state index in [1.165, 1.54) is 11.3 Å². The number of pyridine rings is 1. The molecule has 0 radical (unpaired) electrons. The first-order valence-corrected chi connectivity index (χ1v) is 13.2. The highest BCUT2D eigenvalue weighted by Crippen LogP contribution is 2.37. The summed E-state index contributed by atoms with van der Waals surface area (Å²) < 4.78 is 14.0. The van der Waals surface area contributed by atoms with E-state index in [9.17, 15) is 0 Å². The Kier molecular flexibility index (Phi) is 6.72. The van der Waals surface area contributed by atoms with Crippen molar-refractivity contribution in [2.75, 3.05) is 32.8 Å². The minimum absolute atomic E-state index is 0.205. The lowest BCUT2D eigenvalue weighted by molar-refractivity contribution is 0.0306. The van der Waals surface area contributed by atoms with E-state index in [4.69, 9.17) is 31.3 Å². The lowest BCUT2D eigenvalue weighted by Gasteiger charge is -2.30. The van der Waals surface area contributed by atoms with Gasteiger partial charge in [-0.05, 0) is 67.9 Å². The standard InChI is InChI=1S/C27H32ClN5O2/c28-22-6-9-24-21(17-22)15-19(18-32-11-13-34-14-12-32)16-25-30-31-27(33(24)25)20-4-7-23(8-5-20)35-26-3-1-2-10-29-26/h1-3,6,9-10,17,19-20,23H,4-5,7-8,11-16,18H2. The molecule has 1 aliphatic carbocycles. The van der Waals surface area contributed by atoms with Crippen LogP contribution >= 0.6 is 11.6 Å². The molecule has 3 aromatic rings. The molecule has 2 aromatic heterocycles. The number of ether oxygens (including phenoxy) is 2. The van der Waals surface area contributed by atoms with Gasteiger partial charge in [0.25, 0.3) is 0 Å². The zero-order valence-corrected chi connectivity index (χ0v) is 20.7. The smallest absolute Gasteiger partial charge is 0.213 e. The molecule has 1 aromatic carbocycles. The summed E-state index contributed by atoms with van der Waals surface area (Å²) in [6.07, 6.45) is 7.98. The van der Waals surface area contributed by atoms with Crippen molar-refractivity contribution in [3.05, 3.63) is 64.8 Å². The maximum absolute atomic E-state index is 6.46. The first-order valence-electron chi connectivity index (χ1n) is 12.8. The monoisotopic (exact) mass is 493 g/mol. The van der Waals surface area contributed by atoms with Gasteiger partial charge in [-0.3, -0.25) is 9.47 Å². The zero-order valence-electron chi connectivity index (χ0n) is 20.0. The van der Waals surface area contributed by atoms with E-state index in [1.54, 1.807) is 6.20 Å². The minimum atomic E-state index is 0.205. The predicted octanol–water partition coefficient (Wildman–Crippen LogP) is 4.47. The Morgan fingerprint density at radius 2 is 1.86 bits per heavy atom. The third-order valence-corrected chi connectivity index (χ3v) is 7.84. The molecule has 7 nitrogen and oxygen atoms in total. The van der Waals surface area contributed by atoms with Crippen LogP contribution in [0.5, 0.6) is 5.88 Å². The molecule has 184 valence electrons. The van der Waals surface area contributed by atoms with Crippen molar-refractivity contribution in [3.63, 3.8) is 0 Å². The molecule has 1 atom stereocenters. The van der Waals surface area contributed by atoms with E-state index < -0.39 is 0 Å². The van der Waals surface area contributed by atoms with Crippen molar-refractivity contribution in [3.8, 4) is 11.6 Å². The quantitative estimate of drug-likeness (QED) is 0.522. The second-order valence-corrected chi connectivity index (χ2v) is 10.5. The van der Waals surface area contributed by atoms with Crippen LogP contribution in [0, 0.1) is 5.92 Å². The van der Waals surface area contributed by atoms with Crippen LogP contribution in [0.4, 0.5) is 0 Å². The van der Waals surface area contributed by atoms with Gasteiger partial charge in [-0.25, -0.2) is 4.98 Å². The van der Waals surface area contributed by atoms with E-state index >= 15 is 0 Å². The fourth-order valence-corrected chi connectivity index (χ4v) is 6.07. The third-order valence-electron chi connectivity index (χ3n) is 7.60. The Morgan fingerprint density at radius 1 is 1.00 bits per heavy atom. The molecule has 1 unspecified atom stereocenters. The number of morpholine rings is 1. The number of halogens is 1. The number of benzene rings is 1. The Hall–Kier alpha value is -2.48. The van der Waals surface area contributed by atoms with Crippen molar-refractivity contribution < 1.29 is 9.47 Å². The van der Waals surface area contributed by atoms with Gasteiger partial charge in [0.05, 0.1) is 18.9 Å². The van der Waals surface area contributed by atoms with E-state index in [-0.39, 0.29) is 6.10 Å². The van der Waals surface area contributed by atoms with Gasteiger partial charge < -0.3 is 9.47 Å². The highest BCUT2D eigenvalue weighted by Gasteiger charge is 2.32. The van der Waals surface area contributed by atoms with E-state index in [1.807, 2.05) is 24.3 Å². The van der Waals surface area contributed by atoms with Crippen LogP contribution in [0.25, 0.3) is 5.69 Å². The first-order chi connectivity index (χ1) is 17.2. The van der Waals surface area contributed by atoms with Crippen LogP contribution in [0.15, 0.2) is 42.6 Å². The molecule has 0 spiro atoms. The fourth-order valence-electron chi connectivity index (χ4n) is 5.87. The van der Waals surface area contributed by atoms with Gasteiger partial charge in [-0.2, -0.15) is 0 Å². The van der Waals surface area contributed by atoms with Gasteiger partial charge in [-0.15, -0.1) is 10.2 Å². The molecular weight excluding hydrogens is 462 g/mol. The normalized spacial score (nSPS) is 24.9. The summed E-state index contributed by atoms with van der Waals surface area (Å²) >= 11 is 6.46. The molecule has 1 saturated heterocycles. The molecule has 8 heteroatoms. The van der Waals surface area contributed by atoms with Gasteiger partial charge in [0.1, 0.15) is 17.8 Å². The Morgan fingerprint density at radius 3 is 2.66 bits per heavy atom. The SMILES string of the molecule is Clc1ccc2c(c1)CC(CN1CCOCC1)Cc1nnc(C3CCC(Oc4ccccn4)CC3)n1-2. The topological polar surface area (TPSA) is 65.3 Å². The predicted molar refractivity (Wildman–Crippen MR) is 134 cm³/mol. The summed E-state index contributed by atoms with van der Waals surface area (Å²) in [5, 5.41) is 10.3. The summed E-state index contributed by atoms with van der Waals surface area (Å²) in [5.41, 5.74) is 2.49. The summed E-state index contributed by atoms with van der Waals surface area (Å²) in [6, 6.07) is 12.1. The molecule has 6 rings (SSSR count). The second-order valence-electron chi connectivity index (χ2n) is 10.0. The van der Waals surface area contributed by atoms with Gasteiger partial charge in [0.2, 0.25) is 5.88 Å². The first kappa shape index (κ1) is 23.0. The maximum Gasteiger partial charge on any atom is 0.213 e. The second kappa shape index (κ2) is 10.2. The molecule has 0 amide bonds. The number of nitrogens with zero attached hydrogens (tertiary/aromatic N) is 5. The molecule has 2 fully saturated rings. The van der Waals surface area contributed by atoms with Gasteiger partial charge in [0.15, 0.2) is 0 Å². The summed E-state index contributed by atoms with van der Waals surface area (Å²) in [6.45, 7) is 4.69. The number of fused-ring (bicyclic) bond motifs is 3. The fraction of sp³-hybridized carbons (Fsp3) is 0.519. The summed E-state index contributed by atoms with van der Waals surface area (Å²) in [5.74, 6) is 3.73. The minimum Gasteiger partial charge on any atom is -0.474 e. The number of aromatic nitrogens is 4. The van der Waals surface area contributed by atoms with Crippen LogP contribution in [0.1, 0.15) is 48.8 Å². The van der Waals surface area contributed by atoms with Crippen molar-refractivity contribution >= 4 is 11.6 Å². The number of hydrogen-bond acceptors (Lipinski definition) is 6. The lowest BCUT2D eigenvalue weighted by Crippen LogP contribution is -2.40. The average Bonchev–Trinajstić information content (AvgIpc) is 3.22. The van der Waals surface area contributed by atoms with Crippen LogP contribution in [0.3, 0.4) is 0 Å². The number of hydrogen-bond donors (Lipinski definition) is 0. The third kappa shape index (κ3) is 5.08. The lowest BCUT2D eigenvalue weighted by atomic mass is 9.86. The highest BCUT2D eigenvalue weighted by atomic mass is 35.5. The molecular formula is C27H32ClN5O2. The van der Waals surface area contributed by atoms with Gasteiger partial charge in [0, 0.05) is 49.3 Å². The molecule has 0 bridgehead atoms. The average molecular weight is 494 g/mol. The number of rotatable bonds is 5. The molecule has 0 N–H and O–H groups in total. The molecule has 1 saturated carbocycles. The van der Waals surface area contributed by atoms with Gasteiger partial charge >= 0.3 is 0 Å². The van der Waals surface area contributed by atoms with Crippen molar-refractivity contribution in [1.82, 2.24) is 24.6 Å². The molecule has 35 heavy (non-hydrogen) atoms. The van der Waals surface area contributed by atoms with Gasteiger partial charge in [-0.1, -0.05) is 17.7 Å². The van der Waals surface area contributed by atoms with E-state index in [0.29, 0.717) is 17.7 Å². The van der Waals surface area contributed by atoms with Crippen LogP contribution < -0.4 is 4.74 Å². The Bertz CT molecular complexity index is 1140. The molecule has 4 heterocycles. The van der Waals surface area contributed by atoms with E-state index in [0.717, 1.165) is 88.0 Å². The van der Waals surface area contributed by atoms with Crippen molar-refractivity contribution in [1.29, 1.82) is 0 Å². The highest BCUT2D eigenvalue weighted by molar-refractivity contribution is 6.30. The molecule has 3 aliphatic rings. The van der Waals surface area contributed by atoms with Crippen molar-refractivity contribution in [2.24, 2.45) is 5.92 Å². The Balaban J connectivity index is 1.23. The van der Waals surface area contributed by atoms with Crippen LogP contribution in [-0.2, 0) is 17.6 Å². The summed E-state index contributed by atoms with van der Waals surface area (Å²) in [4.78, 5) is 6.84. The van der Waals surface area contributed by atoms with Crippen LogP contribution in [-0.4, -0.2) is 63.6 Å². The Labute approximate surface area is 211 Å². The summed E-state index contributed by atoms with van der Waals surface area (Å²) in [7, 11) is 0. The van der Waals surface area contributed by atoms with E-state index in [2.05, 4.69) is 26.6 Å². The van der Waals surface area contributed by atoms with Crippen molar-refractivity contribution in [2.45, 2.75) is 50.5 Å². The van der Waals surface area contributed by atoms with Crippen LogP contribution in [0.2, 0.25) is 5.02 Å². The maximum atomic E-state index is 6.46. The molecule has 2 aliphatic heterocycles. The largest absolute Gasteiger partial charge is 0.474 e. The zero-order chi connectivity index (χ0) is 23.6.